The molecule has 0 radical (unpaired) electrons. The second-order valence-corrected chi connectivity index (χ2v) is 6.10. The summed E-state index contributed by atoms with van der Waals surface area (Å²) >= 11 is 0. The second-order valence-electron chi connectivity index (χ2n) is 6.10. The van der Waals surface area contributed by atoms with E-state index in [1.807, 2.05) is 0 Å². The van der Waals surface area contributed by atoms with E-state index < -0.39 is 0 Å². The molecule has 2 fully saturated rings. The molecule has 1 heterocycles. The van der Waals surface area contributed by atoms with Gasteiger partial charge >= 0.3 is 0 Å². The van der Waals surface area contributed by atoms with Crippen molar-refractivity contribution in [2.45, 2.75) is 64.5 Å². The Labute approximate surface area is 105 Å². The van der Waals surface area contributed by atoms with Gasteiger partial charge in [0.05, 0.1) is 0 Å². The molecule has 0 aromatic heterocycles. The van der Waals surface area contributed by atoms with Crippen LogP contribution >= 0.6 is 0 Å². The van der Waals surface area contributed by atoms with Crippen molar-refractivity contribution in [3.8, 4) is 0 Å². The molecule has 1 unspecified atom stereocenters. The van der Waals surface area contributed by atoms with Crippen molar-refractivity contribution in [1.29, 1.82) is 0 Å². The zero-order valence-corrected chi connectivity index (χ0v) is 11.2. The molecule has 0 aromatic rings. The Hall–Kier alpha value is -0.570. The maximum absolute atomic E-state index is 12.3. The summed E-state index contributed by atoms with van der Waals surface area (Å²) in [5.74, 6) is 1.37. The number of rotatable bonds is 3. The molecule has 3 atom stereocenters. The first-order valence-electron chi connectivity index (χ1n) is 7.14. The molecule has 0 aromatic carbocycles. The molecule has 3 heteroatoms. The molecule has 0 bridgehead atoms. The number of nitrogens with two attached hydrogens (primary N) is 1. The van der Waals surface area contributed by atoms with Gasteiger partial charge in [0.25, 0.3) is 0 Å². The van der Waals surface area contributed by atoms with E-state index in [1.165, 1.54) is 19.3 Å². The molecule has 2 N–H and O–H groups in total. The van der Waals surface area contributed by atoms with Crippen molar-refractivity contribution in [1.82, 2.24) is 4.90 Å². The molecule has 2 aliphatic rings. The van der Waals surface area contributed by atoms with Gasteiger partial charge in [-0.05, 0) is 37.5 Å². The average Bonchev–Trinajstić information content (AvgIpc) is 2.87. The van der Waals surface area contributed by atoms with Crippen LogP contribution < -0.4 is 5.73 Å². The monoisotopic (exact) mass is 238 g/mol. The van der Waals surface area contributed by atoms with E-state index >= 15 is 0 Å². The summed E-state index contributed by atoms with van der Waals surface area (Å²) in [5, 5.41) is 0. The predicted octanol–water partition coefficient (Wildman–Crippen LogP) is 2.15. The van der Waals surface area contributed by atoms with Crippen LogP contribution in [0.1, 0.15) is 52.4 Å². The molecule has 1 saturated carbocycles. The molecule has 1 amide bonds. The van der Waals surface area contributed by atoms with Crippen LogP contribution in [-0.2, 0) is 4.79 Å². The first-order valence-corrected chi connectivity index (χ1v) is 7.14. The van der Waals surface area contributed by atoms with Gasteiger partial charge in [-0.2, -0.15) is 0 Å². The highest BCUT2D eigenvalue weighted by Gasteiger charge is 2.33. The standard InChI is InChI=1S/C14H26N2O/c1-10(2)13-7-4-8-16(13)14(17)9-11-5-3-6-12(11)15/h10-13H,3-9,15H2,1-2H3/t11-,12+,13?/m0/s1. The summed E-state index contributed by atoms with van der Waals surface area (Å²) in [6.07, 6.45) is 6.49. The Bertz CT molecular complexity index is 277. The number of carbonyl (C=O) groups is 1. The summed E-state index contributed by atoms with van der Waals surface area (Å²) in [6, 6.07) is 0.735. The molecular formula is C14H26N2O. The van der Waals surface area contributed by atoms with Crippen LogP contribution in [0.5, 0.6) is 0 Å². The number of amides is 1. The lowest BCUT2D eigenvalue weighted by Gasteiger charge is -2.29. The minimum absolute atomic E-state index is 0.263. The van der Waals surface area contributed by atoms with Crippen molar-refractivity contribution in [2.24, 2.45) is 17.6 Å². The molecule has 1 aliphatic carbocycles. The smallest absolute Gasteiger partial charge is 0.223 e. The zero-order chi connectivity index (χ0) is 12.4. The van der Waals surface area contributed by atoms with Crippen molar-refractivity contribution >= 4 is 5.91 Å². The molecule has 98 valence electrons. The van der Waals surface area contributed by atoms with E-state index in [4.69, 9.17) is 5.73 Å². The molecule has 2 rings (SSSR count). The van der Waals surface area contributed by atoms with E-state index in [2.05, 4.69) is 18.7 Å². The van der Waals surface area contributed by atoms with Crippen LogP contribution in [0.4, 0.5) is 0 Å². The molecule has 0 spiro atoms. The highest BCUT2D eigenvalue weighted by molar-refractivity contribution is 5.77. The van der Waals surface area contributed by atoms with Gasteiger partial charge in [-0.25, -0.2) is 0 Å². The van der Waals surface area contributed by atoms with Crippen molar-refractivity contribution in [2.75, 3.05) is 6.54 Å². The Morgan fingerprint density at radius 2 is 2.06 bits per heavy atom. The molecule has 1 aliphatic heterocycles. The molecule has 17 heavy (non-hydrogen) atoms. The van der Waals surface area contributed by atoms with Crippen LogP contribution in [0, 0.1) is 11.8 Å². The fourth-order valence-corrected chi connectivity index (χ4v) is 3.46. The van der Waals surface area contributed by atoms with Crippen LogP contribution in [-0.4, -0.2) is 29.4 Å². The first-order chi connectivity index (χ1) is 8.09. The normalized spacial score (nSPS) is 33.6. The lowest BCUT2D eigenvalue weighted by atomic mass is 9.97. The topological polar surface area (TPSA) is 46.3 Å². The third-order valence-electron chi connectivity index (χ3n) is 4.54. The Morgan fingerprint density at radius 3 is 2.65 bits per heavy atom. The third-order valence-corrected chi connectivity index (χ3v) is 4.54. The Morgan fingerprint density at radius 1 is 1.29 bits per heavy atom. The fourth-order valence-electron chi connectivity index (χ4n) is 3.46. The van der Waals surface area contributed by atoms with E-state index in [-0.39, 0.29) is 6.04 Å². The molecule has 3 nitrogen and oxygen atoms in total. The summed E-state index contributed by atoms with van der Waals surface area (Å²) in [7, 11) is 0. The maximum Gasteiger partial charge on any atom is 0.223 e. The Balaban J connectivity index is 1.90. The number of carbonyl (C=O) groups excluding carboxylic acids is 1. The number of hydrogen-bond donors (Lipinski definition) is 1. The number of likely N-dealkylation sites (tertiary alicyclic amines) is 1. The summed E-state index contributed by atoms with van der Waals surface area (Å²) in [5.41, 5.74) is 6.05. The minimum Gasteiger partial charge on any atom is -0.339 e. The second kappa shape index (κ2) is 5.38. The lowest BCUT2D eigenvalue weighted by molar-refractivity contribution is -0.133. The van der Waals surface area contributed by atoms with Gasteiger partial charge in [0.2, 0.25) is 5.91 Å². The first kappa shape index (κ1) is 12.9. The van der Waals surface area contributed by atoms with Crippen molar-refractivity contribution in [3.63, 3.8) is 0 Å². The van der Waals surface area contributed by atoms with E-state index in [9.17, 15) is 4.79 Å². The van der Waals surface area contributed by atoms with E-state index in [0.717, 1.165) is 19.4 Å². The van der Waals surface area contributed by atoms with Crippen molar-refractivity contribution < 1.29 is 4.79 Å². The van der Waals surface area contributed by atoms with Crippen molar-refractivity contribution in [3.05, 3.63) is 0 Å². The van der Waals surface area contributed by atoms with Gasteiger partial charge < -0.3 is 10.6 Å². The quantitative estimate of drug-likeness (QED) is 0.819. The molecular weight excluding hydrogens is 212 g/mol. The largest absolute Gasteiger partial charge is 0.339 e. The van der Waals surface area contributed by atoms with Crippen LogP contribution in [0.3, 0.4) is 0 Å². The fraction of sp³-hybridized carbons (Fsp3) is 0.929. The Kier molecular flexibility index (Phi) is 4.08. The minimum atomic E-state index is 0.263. The highest BCUT2D eigenvalue weighted by atomic mass is 16.2. The van der Waals surface area contributed by atoms with Gasteiger partial charge in [0.15, 0.2) is 0 Å². The van der Waals surface area contributed by atoms with Gasteiger partial charge in [-0.15, -0.1) is 0 Å². The predicted molar refractivity (Wildman–Crippen MR) is 69.5 cm³/mol. The number of nitrogens with zero attached hydrogens (tertiary/aromatic N) is 1. The highest BCUT2D eigenvalue weighted by Crippen LogP contribution is 2.30. The van der Waals surface area contributed by atoms with Gasteiger partial charge in [-0.3, -0.25) is 4.79 Å². The zero-order valence-electron chi connectivity index (χ0n) is 11.2. The number of hydrogen-bond acceptors (Lipinski definition) is 2. The summed E-state index contributed by atoms with van der Waals surface area (Å²) in [4.78, 5) is 14.5. The van der Waals surface area contributed by atoms with Gasteiger partial charge in [0.1, 0.15) is 0 Å². The van der Waals surface area contributed by atoms with Crippen LogP contribution in [0.2, 0.25) is 0 Å². The van der Waals surface area contributed by atoms with Gasteiger partial charge in [-0.1, -0.05) is 20.3 Å². The van der Waals surface area contributed by atoms with Gasteiger partial charge in [0, 0.05) is 25.0 Å². The van der Waals surface area contributed by atoms with Crippen LogP contribution in [0.15, 0.2) is 0 Å². The lowest BCUT2D eigenvalue weighted by Crippen LogP contribution is -2.40. The van der Waals surface area contributed by atoms with E-state index in [0.29, 0.717) is 30.2 Å². The molecule has 1 saturated heterocycles. The SMILES string of the molecule is CC(C)C1CCCN1C(=O)C[C@@H]1CCC[C@H]1N. The average molecular weight is 238 g/mol. The van der Waals surface area contributed by atoms with Crippen LogP contribution in [0.25, 0.3) is 0 Å². The maximum atomic E-state index is 12.3. The summed E-state index contributed by atoms with van der Waals surface area (Å²) < 4.78 is 0. The third kappa shape index (κ3) is 2.82. The summed E-state index contributed by atoms with van der Waals surface area (Å²) in [6.45, 7) is 5.40. The van der Waals surface area contributed by atoms with E-state index in [1.54, 1.807) is 0 Å².